The third-order valence-corrected chi connectivity index (χ3v) is 5.37. The molecule has 0 fully saturated rings. The number of hydrogen-bond acceptors (Lipinski definition) is 0. The van der Waals surface area contributed by atoms with Crippen LogP contribution in [0.15, 0.2) is 78.9 Å². The van der Waals surface area contributed by atoms with Crippen LogP contribution in [0, 0.1) is 11.8 Å². The summed E-state index contributed by atoms with van der Waals surface area (Å²) in [5, 5.41) is 0.858. The monoisotopic (exact) mass is 314 g/mol. The fourth-order valence-electron chi connectivity index (χ4n) is 4.07. The topological polar surface area (TPSA) is 0 Å². The Bertz CT molecular complexity index is 926. The van der Waals surface area contributed by atoms with Gasteiger partial charge in [0.2, 0.25) is 0 Å². The van der Waals surface area contributed by atoms with Gasteiger partial charge in [0.05, 0.1) is 0 Å². The quantitative estimate of drug-likeness (QED) is 0.591. The third-order valence-electron chi connectivity index (χ3n) is 5.07. The molecule has 0 bridgehead atoms. The molecule has 5 rings (SSSR count). The predicted octanol–water partition coefficient (Wildman–Crippen LogP) is 6.16. The maximum atomic E-state index is 6.72. The van der Waals surface area contributed by atoms with Gasteiger partial charge in [-0.05, 0) is 40.0 Å². The summed E-state index contributed by atoms with van der Waals surface area (Å²) in [5.41, 5.74) is 7.69. The molecule has 0 saturated heterocycles. The van der Waals surface area contributed by atoms with Gasteiger partial charge in [0.15, 0.2) is 0 Å². The second-order valence-corrected chi connectivity index (χ2v) is 6.72. The van der Waals surface area contributed by atoms with Crippen molar-refractivity contribution in [2.45, 2.75) is 0 Å². The molecule has 2 atom stereocenters. The lowest BCUT2D eigenvalue weighted by molar-refractivity contribution is 0.707. The largest absolute Gasteiger partial charge is 0.0836 e. The van der Waals surface area contributed by atoms with Crippen LogP contribution < -0.4 is 0 Å². The first-order valence-electron chi connectivity index (χ1n) is 7.99. The van der Waals surface area contributed by atoms with Crippen molar-refractivity contribution in [3.63, 3.8) is 0 Å². The van der Waals surface area contributed by atoms with Gasteiger partial charge in [-0.25, -0.2) is 0 Å². The summed E-state index contributed by atoms with van der Waals surface area (Å²) in [4.78, 5) is 0. The van der Waals surface area contributed by atoms with Gasteiger partial charge in [0.25, 0.3) is 0 Å². The van der Waals surface area contributed by atoms with Crippen LogP contribution in [0.25, 0.3) is 22.3 Å². The molecule has 0 spiro atoms. The molecule has 2 unspecified atom stereocenters. The molecule has 23 heavy (non-hydrogen) atoms. The van der Waals surface area contributed by atoms with Crippen LogP contribution in [0.3, 0.4) is 0 Å². The molecule has 3 aliphatic carbocycles. The second kappa shape index (κ2) is 4.84. The lowest BCUT2D eigenvalue weighted by Crippen LogP contribution is -2.13. The highest BCUT2D eigenvalue weighted by atomic mass is 35.5. The molecule has 110 valence electrons. The van der Waals surface area contributed by atoms with Crippen molar-refractivity contribution in [1.82, 2.24) is 0 Å². The van der Waals surface area contributed by atoms with E-state index in [1.54, 1.807) is 0 Å². The van der Waals surface area contributed by atoms with E-state index >= 15 is 0 Å². The van der Waals surface area contributed by atoms with Crippen LogP contribution in [-0.4, -0.2) is 0 Å². The van der Waals surface area contributed by atoms with E-state index in [1.807, 2.05) is 6.07 Å². The standard InChI is InChI=1S/C22H15Cl/c23-20-13-16(14-6-2-1-3-7-14)12-19-17-10-4-8-15-9-5-11-18(21(15)17)22(19)20/h1-13,15,21H. The molecule has 2 aromatic rings. The van der Waals surface area contributed by atoms with E-state index in [4.69, 9.17) is 11.6 Å². The van der Waals surface area contributed by atoms with Crippen LogP contribution in [0.2, 0.25) is 5.02 Å². The summed E-state index contributed by atoms with van der Waals surface area (Å²) in [5.74, 6) is 0.891. The highest BCUT2D eigenvalue weighted by Gasteiger charge is 2.38. The van der Waals surface area contributed by atoms with Crippen LogP contribution in [0.5, 0.6) is 0 Å². The molecule has 0 nitrogen and oxygen atoms in total. The highest BCUT2D eigenvalue weighted by molar-refractivity contribution is 6.33. The molecule has 0 heterocycles. The summed E-state index contributed by atoms with van der Waals surface area (Å²) >= 11 is 6.72. The van der Waals surface area contributed by atoms with E-state index in [0.717, 1.165) is 5.02 Å². The average Bonchev–Trinajstić information content (AvgIpc) is 2.93. The van der Waals surface area contributed by atoms with E-state index in [-0.39, 0.29) is 0 Å². The van der Waals surface area contributed by atoms with Gasteiger partial charge in [-0.3, -0.25) is 0 Å². The average molecular weight is 315 g/mol. The van der Waals surface area contributed by atoms with Crippen LogP contribution in [0.1, 0.15) is 11.1 Å². The minimum Gasteiger partial charge on any atom is -0.0836 e. The van der Waals surface area contributed by atoms with Gasteiger partial charge in [-0.1, -0.05) is 78.4 Å². The maximum absolute atomic E-state index is 6.72. The van der Waals surface area contributed by atoms with Crippen molar-refractivity contribution in [2.24, 2.45) is 11.8 Å². The molecule has 2 aromatic carbocycles. The van der Waals surface area contributed by atoms with E-state index in [1.165, 1.54) is 33.4 Å². The van der Waals surface area contributed by atoms with Gasteiger partial charge in [0.1, 0.15) is 0 Å². The molecule has 1 heteroatoms. The smallest absolute Gasteiger partial charge is 0.0493 e. The Hall–Kier alpha value is -2.31. The number of halogens is 1. The first-order valence-corrected chi connectivity index (χ1v) is 8.37. The van der Waals surface area contributed by atoms with Crippen molar-refractivity contribution in [3.05, 3.63) is 95.1 Å². The lowest BCUT2D eigenvalue weighted by Gasteiger charge is -2.25. The zero-order chi connectivity index (χ0) is 15.4. The first-order chi connectivity index (χ1) is 11.3. The van der Waals surface area contributed by atoms with Gasteiger partial charge in [0, 0.05) is 22.4 Å². The molecule has 0 N–H and O–H groups in total. The molecular formula is C22H15Cl. The maximum Gasteiger partial charge on any atom is 0.0493 e. The summed E-state index contributed by atoms with van der Waals surface area (Å²) in [6, 6.07) is 14.9. The Morgan fingerprint density at radius 2 is 1.52 bits per heavy atom. The van der Waals surface area contributed by atoms with Gasteiger partial charge in [-0.15, -0.1) is 0 Å². The van der Waals surface area contributed by atoms with E-state index in [2.05, 4.69) is 72.9 Å². The molecule has 0 radical (unpaired) electrons. The van der Waals surface area contributed by atoms with Crippen LogP contribution in [-0.2, 0) is 0 Å². The molecular weight excluding hydrogens is 300 g/mol. The Balaban J connectivity index is 1.77. The Labute approximate surface area is 141 Å². The molecule has 0 saturated carbocycles. The number of rotatable bonds is 1. The van der Waals surface area contributed by atoms with Crippen molar-refractivity contribution in [2.75, 3.05) is 0 Å². The van der Waals surface area contributed by atoms with Crippen LogP contribution in [0.4, 0.5) is 0 Å². The third kappa shape index (κ3) is 1.85. The predicted molar refractivity (Wildman–Crippen MR) is 98.1 cm³/mol. The minimum atomic E-state index is 0.434. The van der Waals surface area contributed by atoms with Crippen molar-refractivity contribution in [1.29, 1.82) is 0 Å². The summed E-state index contributed by atoms with van der Waals surface area (Å²) in [6.45, 7) is 0. The van der Waals surface area contributed by atoms with E-state index in [0.29, 0.717) is 11.8 Å². The van der Waals surface area contributed by atoms with Crippen LogP contribution >= 0.6 is 11.6 Å². The zero-order valence-corrected chi connectivity index (χ0v) is 13.3. The SMILES string of the molecule is Clc1cc(-c2ccccc2)cc2c1C1=CC=CC3C=CC=C2C13. The van der Waals surface area contributed by atoms with E-state index < -0.39 is 0 Å². The normalized spacial score (nSPS) is 23.2. The highest BCUT2D eigenvalue weighted by Crippen LogP contribution is 2.55. The van der Waals surface area contributed by atoms with Crippen molar-refractivity contribution in [3.8, 4) is 11.1 Å². The number of fused-ring (bicyclic) bond motifs is 3. The number of allylic oxidation sites excluding steroid dienone is 8. The van der Waals surface area contributed by atoms with Gasteiger partial charge < -0.3 is 0 Å². The lowest BCUT2D eigenvalue weighted by atomic mass is 9.78. The summed E-state index contributed by atoms with van der Waals surface area (Å²) < 4.78 is 0. The molecule has 0 aliphatic heterocycles. The number of benzene rings is 2. The fraction of sp³-hybridized carbons (Fsp3) is 0.0909. The summed E-state index contributed by atoms with van der Waals surface area (Å²) in [6.07, 6.45) is 13.4. The van der Waals surface area contributed by atoms with Gasteiger partial charge >= 0.3 is 0 Å². The molecule has 0 amide bonds. The molecule has 3 aliphatic rings. The fourth-order valence-corrected chi connectivity index (χ4v) is 4.40. The zero-order valence-electron chi connectivity index (χ0n) is 12.5. The Morgan fingerprint density at radius 3 is 2.30 bits per heavy atom. The van der Waals surface area contributed by atoms with Crippen molar-refractivity contribution >= 4 is 22.7 Å². The minimum absolute atomic E-state index is 0.434. The van der Waals surface area contributed by atoms with E-state index in [9.17, 15) is 0 Å². The van der Waals surface area contributed by atoms with Gasteiger partial charge in [-0.2, -0.15) is 0 Å². The second-order valence-electron chi connectivity index (χ2n) is 6.32. The van der Waals surface area contributed by atoms with Crippen molar-refractivity contribution < 1.29 is 0 Å². The summed E-state index contributed by atoms with van der Waals surface area (Å²) in [7, 11) is 0. The first kappa shape index (κ1) is 13.2. The molecule has 0 aromatic heterocycles. The Kier molecular flexibility index (Phi) is 2.77. The number of hydrogen-bond donors (Lipinski definition) is 0. The Morgan fingerprint density at radius 1 is 0.783 bits per heavy atom.